The average molecular weight is 402 g/mol. The van der Waals surface area contributed by atoms with Crippen molar-refractivity contribution in [3.8, 4) is 11.4 Å². The van der Waals surface area contributed by atoms with Crippen LogP contribution in [0.25, 0.3) is 16.5 Å². The number of benzene rings is 3. The van der Waals surface area contributed by atoms with Crippen LogP contribution >= 0.6 is 0 Å². The summed E-state index contributed by atoms with van der Waals surface area (Å²) in [5.74, 6) is 0.415. The molecular formula is C22H18N4O4. The predicted molar refractivity (Wildman–Crippen MR) is 112 cm³/mol. The summed E-state index contributed by atoms with van der Waals surface area (Å²) < 4.78 is 7.24. The summed E-state index contributed by atoms with van der Waals surface area (Å²) in [5, 5.41) is 20.0. The Morgan fingerprint density at radius 2 is 1.87 bits per heavy atom. The molecule has 8 heteroatoms. The zero-order valence-corrected chi connectivity index (χ0v) is 15.9. The van der Waals surface area contributed by atoms with Crippen molar-refractivity contribution in [2.24, 2.45) is 0 Å². The van der Waals surface area contributed by atoms with Crippen molar-refractivity contribution in [2.45, 2.75) is 0 Å². The molecule has 1 heterocycles. The molecule has 3 aromatic carbocycles. The third-order valence-electron chi connectivity index (χ3n) is 4.52. The first-order valence-corrected chi connectivity index (χ1v) is 9.31. The standard InChI is InChI=1S/C22H18N4O4/c27-22(20-11-13-25(24-20)17-7-4-8-18(15-17)26(28)29)23-12-14-30-21-10-3-6-16-5-1-2-9-19(16)21/h1-11,13,15H,12,14H2,(H,23,27). The van der Waals surface area contributed by atoms with Crippen LogP contribution < -0.4 is 10.1 Å². The maximum absolute atomic E-state index is 12.3. The first kappa shape index (κ1) is 19.1. The van der Waals surface area contributed by atoms with Crippen molar-refractivity contribution >= 4 is 22.4 Å². The number of ether oxygens (including phenoxy) is 1. The van der Waals surface area contributed by atoms with Gasteiger partial charge in [0.15, 0.2) is 5.69 Å². The summed E-state index contributed by atoms with van der Waals surface area (Å²) in [6.45, 7) is 0.622. The van der Waals surface area contributed by atoms with Crippen LogP contribution in [-0.2, 0) is 0 Å². The minimum absolute atomic E-state index is 0.0420. The highest BCUT2D eigenvalue weighted by molar-refractivity contribution is 5.92. The van der Waals surface area contributed by atoms with Gasteiger partial charge < -0.3 is 10.1 Å². The topological polar surface area (TPSA) is 99.3 Å². The number of aromatic nitrogens is 2. The zero-order chi connectivity index (χ0) is 20.9. The summed E-state index contributed by atoms with van der Waals surface area (Å²) in [5.41, 5.74) is 0.675. The van der Waals surface area contributed by atoms with E-state index in [9.17, 15) is 14.9 Å². The lowest BCUT2D eigenvalue weighted by Gasteiger charge is -2.09. The Labute approximate surface area is 171 Å². The molecule has 4 rings (SSSR count). The molecule has 150 valence electrons. The normalized spacial score (nSPS) is 10.7. The van der Waals surface area contributed by atoms with E-state index in [1.54, 1.807) is 24.4 Å². The zero-order valence-electron chi connectivity index (χ0n) is 15.9. The van der Waals surface area contributed by atoms with Crippen molar-refractivity contribution in [2.75, 3.05) is 13.2 Å². The number of hydrogen-bond donors (Lipinski definition) is 1. The predicted octanol–water partition coefficient (Wildman–Crippen LogP) is 3.74. The molecule has 4 aromatic rings. The number of nitrogens with zero attached hydrogens (tertiary/aromatic N) is 3. The number of non-ortho nitro benzene ring substituents is 1. The fourth-order valence-corrected chi connectivity index (χ4v) is 3.08. The molecule has 0 saturated carbocycles. The number of amides is 1. The monoisotopic (exact) mass is 402 g/mol. The summed E-state index contributed by atoms with van der Waals surface area (Å²) in [4.78, 5) is 22.8. The van der Waals surface area contributed by atoms with Crippen molar-refractivity contribution in [3.05, 3.63) is 94.8 Å². The fourth-order valence-electron chi connectivity index (χ4n) is 3.08. The van der Waals surface area contributed by atoms with Gasteiger partial charge in [0.05, 0.1) is 17.2 Å². The van der Waals surface area contributed by atoms with E-state index < -0.39 is 4.92 Å². The van der Waals surface area contributed by atoms with E-state index in [2.05, 4.69) is 10.4 Å². The molecule has 0 unspecified atom stereocenters. The average Bonchev–Trinajstić information content (AvgIpc) is 3.27. The fraction of sp³-hybridized carbons (Fsp3) is 0.0909. The third kappa shape index (κ3) is 4.12. The van der Waals surface area contributed by atoms with Crippen LogP contribution in [0.15, 0.2) is 79.0 Å². The van der Waals surface area contributed by atoms with Gasteiger partial charge in [-0.05, 0) is 23.6 Å². The molecular weight excluding hydrogens is 384 g/mol. The lowest BCUT2D eigenvalue weighted by atomic mass is 10.1. The molecule has 0 atom stereocenters. The summed E-state index contributed by atoms with van der Waals surface area (Å²) in [7, 11) is 0. The van der Waals surface area contributed by atoms with Gasteiger partial charge in [-0.2, -0.15) is 5.10 Å². The largest absolute Gasteiger partial charge is 0.491 e. The Kier molecular flexibility index (Phi) is 5.38. The van der Waals surface area contributed by atoms with E-state index in [-0.39, 0.29) is 17.3 Å². The lowest BCUT2D eigenvalue weighted by Crippen LogP contribution is -2.28. The molecule has 0 radical (unpaired) electrons. The molecule has 1 amide bonds. The molecule has 0 bridgehead atoms. The Morgan fingerprint density at radius 1 is 1.07 bits per heavy atom. The van der Waals surface area contributed by atoms with Crippen LogP contribution in [-0.4, -0.2) is 33.8 Å². The molecule has 8 nitrogen and oxygen atoms in total. The molecule has 0 spiro atoms. The number of nitrogens with one attached hydrogen (secondary N) is 1. The van der Waals surface area contributed by atoms with Crippen LogP contribution in [0.3, 0.4) is 0 Å². The minimum atomic E-state index is -0.476. The summed E-state index contributed by atoms with van der Waals surface area (Å²) in [6, 6.07) is 21.4. The van der Waals surface area contributed by atoms with E-state index >= 15 is 0 Å². The highest BCUT2D eigenvalue weighted by Crippen LogP contribution is 2.24. The second-order valence-corrected chi connectivity index (χ2v) is 6.50. The van der Waals surface area contributed by atoms with Crippen LogP contribution in [0.2, 0.25) is 0 Å². The van der Waals surface area contributed by atoms with Crippen LogP contribution in [0.4, 0.5) is 5.69 Å². The van der Waals surface area contributed by atoms with Gasteiger partial charge in [0.25, 0.3) is 11.6 Å². The quantitative estimate of drug-likeness (QED) is 0.288. The van der Waals surface area contributed by atoms with E-state index in [1.807, 2.05) is 42.5 Å². The summed E-state index contributed by atoms with van der Waals surface area (Å²) in [6.07, 6.45) is 1.58. The van der Waals surface area contributed by atoms with Crippen molar-refractivity contribution in [3.63, 3.8) is 0 Å². The Balaban J connectivity index is 1.35. The van der Waals surface area contributed by atoms with Crippen molar-refractivity contribution in [1.82, 2.24) is 15.1 Å². The highest BCUT2D eigenvalue weighted by atomic mass is 16.6. The Hall–Kier alpha value is -4.20. The second-order valence-electron chi connectivity index (χ2n) is 6.50. The number of nitro groups is 1. The number of hydrogen-bond acceptors (Lipinski definition) is 5. The first-order valence-electron chi connectivity index (χ1n) is 9.31. The van der Waals surface area contributed by atoms with Crippen molar-refractivity contribution < 1.29 is 14.5 Å². The molecule has 0 aliphatic carbocycles. The van der Waals surface area contributed by atoms with Gasteiger partial charge in [-0.15, -0.1) is 0 Å². The summed E-state index contributed by atoms with van der Waals surface area (Å²) >= 11 is 0. The smallest absolute Gasteiger partial charge is 0.271 e. The highest BCUT2D eigenvalue weighted by Gasteiger charge is 2.12. The SMILES string of the molecule is O=C(NCCOc1cccc2ccccc12)c1ccn(-c2cccc([N+](=O)[O-])c2)n1. The maximum atomic E-state index is 12.3. The van der Waals surface area contributed by atoms with Gasteiger partial charge in [0, 0.05) is 23.7 Å². The number of nitro benzene ring substituents is 1. The Bertz CT molecular complexity index is 1210. The molecule has 0 aliphatic rings. The van der Waals surface area contributed by atoms with E-state index in [4.69, 9.17) is 4.74 Å². The number of carbonyl (C=O) groups excluding carboxylic acids is 1. The molecule has 30 heavy (non-hydrogen) atoms. The Morgan fingerprint density at radius 3 is 2.73 bits per heavy atom. The second kappa shape index (κ2) is 8.44. The lowest BCUT2D eigenvalue weighted by molar-refractivity contribution is -0.384. The number of carbonyl (C=O) groups is 1. The third-order valence-corrected chi connectivity index (χ3v) is 4.52. The molecule has 0 saturated heterocycles. The maximum Gasteiger partial charge on any atom is 0.271 e. The molecule has 1 N–H and O–H groups in total. The molecule has 0 fully saturated rings. The van der Waals surface area contributed by atoms with E-state index in [1.165, 1.54) is 16.8 Å². The van der Waals surface area contributed by atoms with Crippen LogP contribution in [0.1, 0.15) is 10.5 Å². The van der Waals surface area contributed by atoms with Gasteiger partial charge in [0.2, 0.25) is 0 Å². The molecule has 1 aromatic heterocycles. The van der Waals surface area contributed by atoms with Gasteiger partial charge in [-0.25, -0.2) is 4.68 Å². The van der Waals surface area contributed by atoms with Crippen LogP contribution in [0, 0.1) is 10.1 Å². The van der Waals surface area contributed by atoms with Crippen LogP contribution in [0.5, 0.6) is 5.75 Å². The number of fused-ring (bicyclic) bond motifs is 1. The number of rotatable bonds is 7. The van der Waals surface area contributed by atoms with Crippen molar-refractivity contribution in [1.29, 1.82) is 0 Å². The van der Waals surface area contributed by atoms with Gasteiger partial charge in [-0.1, -0.05) is 42.5 Å². The van der Waals surface area contributed by atoms with Gasteiger partial charge >= 0.3 is 0 Å². The van der Waals surface area contributed by atoms with E-state index in [0.717, 1.165) is 16.5 Å². The van der Waals surface area contributed by atoms with Gasteiger partial charge in [0.1, 0.15) is 12.4 Å². The molecule has 0 aliphatic heterocycles. The van der Waals surface area contributed by atoms with Gasteiger partial charge in [-0.3, -0.25) is 14.9 Å². The minimum Gasteiger partial charge on any atom is -0.491 e. The van der Waals surface area contributed by atoms with E-state index in [0.29, 0.717) is 18.8 Å². The first-order chi connectivity index (χ1) is 14.6.